The minimum atomic E-state index is -6.33. The number of alkyl halides is 12. The smallest absolute Gasteiger partial charge is 0.426 e. The zero-order valence-electron chi connectivity index (χ0n) is 47.3. The average Bonchev–Trinajstić information content (AvgIpc) is 1.45. The number of esters is 5. The summed E-state index contributed by atoms with van der Waals surface area (Å²) in [5.41, 5.74) is -20.4. The summed E-state index contributed by atoms with van der Waals surface area (Å²) in [6.45, 7) is 9.57. The predicted octanol–water partition coefficient (Wildman–Crippen LogP) is 12.4. The lowest BCUT2D eigenvalue weighted by atomic mass is 9.50. The third-order valence-electron chi connectivity index (χ3n) is 22.3. The molecule has 10 aliphatic rings. The molecule has 8 bridgehead atoms. The fourth-order valence-corrected chi connectivity index (χ4v) is 18.1. The van der Waals surface area contributed by atoms with E-state index < -0.39 is 174 Å². The van der Waals surface area contributed by atoms with Crippen LogP contribution in [0.3, 0.4) is 0 Å². The van der Waals surface area contributed by atoms with Gasteiger partial charge >= 0.3 is 54.6 Å². The topological polar surface area (TPSA) is 172 Å². The Bertz CT molecular complexity index is 2420. The molecular weight excluding hydrogens is 1120 g/mol. The van der Waals surface area contributed by atoms with Gasteiger partial charge in [0.1, 0.15) is 30.0 Å². The number of hydrogen-bond donors (Lipinski definition) is 2. The van der Waals surface area contributed by atoms with Crippen LogP contribution < -0.4 is 0 Å². The molecule has 1 heterocycles. The molecule has 82 heavy (non-hydrogen) atoms. The highest BCUT2D eigenvalue weighted by molar-refractivity contribution is 5.85. The van der Waals surface area contributed by atoms with Crippen LogP contribution in [0.5, 0.6) is 0 Å². The molecule has 0 aromatic heterocycles. The van der Waals surface area contributed by atoms with Crippen molar-refractivity contribution >= 4 is 29.8 Å². The fraction of sp³-hybridized carbons (Fsp3) is 0.914. The highest BCUT2D eigenvalue weighted by Gasteiger charge is 2.76. The van der Waals surface area contributed by atoms with Crippen LogP contribution in [0.25, 0.3) is 0 Å². The Kier molecular flexibility index (Phi) is 16.0. The van der Waals surface area contributed by atoms with Gasteiger partial charge in [0.2, 0.25) is 0 Å². The van der Waals surface area contributed by atoms with Gasteiger partial charge in [0.25, 0.3) is 11.2 Å². The number of ether oxygens (including phenoxy) is 5. The molecule has 10 fully saturated rings. The van der Waals surface area contributed by atoms with E-state index in [2.05, 4.69) is 0 Å². The molecule has 0 aromatic carbocycles. The summed E-state index contributed by atoms with van der Waals surface area (Å²) in [5.74, 6) is -10.4. The molecule has 466 valence electrons. The lowest BCUT2D eigenvalue weighted by Crippen LogP contribution is -2.65. The van der Waals surface area contributed by atoms with Gasteiger partial charge in [0.15, 0.2) is 0 Å². The Morgan fingerprint density at radius 2 is 1.17 bits per heavy atom. The van der Waals surface area contributed by atoms with Crippen LogP contribution in [-0.4, -0.2) is 106 Å². The largest absolute Gasteiger partial charge is 0.462 e. The van der Waals surface area contributed by atoms with Crippen molar-refractivity contribution in [3.8, 4) is 0 Å². The maximum atomic E-state index is 15.8. The van der Waals surface area contributed by atoms with Crippen molar-refractivity contribution in [3.63, 3.8) is 0 Å². The number of rotatable bonds is 19. The highest BCUT2D eigenvalue weighted by Crippen LogP contribution is 2.62. The van der Waals surface area contributed by atoms with Crippen molar-refractivity contribution in [3.05, 3.63) is 0 Å². The van der Waals surface area contributed by atoms with Crippen molar-refractivity contribution < 1.29 is 111 Å². The zero-order chi connectivity index (χ0) is 60.7. The Morgan fingerprint density at radius 3 is 1.70 bits per heavy atom. The average molecular weight is 1200 g/mol. The molecule has 24 heteroatoms. The van der Waals surface area contributed by atoms with E-state index in [4.69, 9.17) is 23.7 Å². The first-order chi connectivity index (χ1) is 37.5. The molecule has 14 atom stereocenters. The summed E-state index contributed by atoms with van der Waals surface area (Å²) in [5, 5.41) is 21.3. The van der Waals surface area contributed by atoms with Gasteiger partial charge in [-0.25, -0.2) is 0 Å². The maximum absolute atomic E-state index is 15.8. The zero-order valence-corrected chi connectivity index (χ0v) is 47.3. The van der Waals surface area contributed by atoms with E-state index >= 15 is 14.4 Å². The van der Waals surface area contributed by atoms with Gasteiger partial charge < -0.3 is 33.9 Å². The third kappa shape index (κ3) is 10.7. The van der Waals surface area contributed by atoms with Gasteiger partial charge in [-0.15, -0.1) is 0 Å². The molecule has 1 aliphatic heterocycles. The quantitative estimate of drug-likeness (QED) is 0.0713. The molecule has 0 aromatic rings. The van der Waals surface area contributed by atoms with Crippen molar-refractivity contribution in [1.82, 2.24) is 0 Å². The monoisotopic (exact) mass is 1190 g/mol. The van der Waals surface area contributed by atoms with E-state index in [0.717, 1.165) is 6.42 Å². The third-order valence-corrected chi connectivity index (χ3v) is 22.3. The molecular formula is C58H78F12O12. The second-order valence-electron chi connectivity index (χ2n) is 28.5. The summed E-state index contributed by atoms with van der Waals surface area (Å²) in [4.78, 5) is 73.6. The Morgan fingerprint density at radius 1 is 0.610 bits per heavy atom. The highest BCUT2D eigenvalue weighted by atomic mass is 19.4. The van der Waals surface area contributed by atoms with E-state index in [1.807, 2.05) is 0 Å². The van der Waals surface area contributed by atoms with Crippen LogP contribution in [-0.2, 0) is 47.7 Å². The lowest BCUT2D eigenvalue weighted by Gasteiger charge is -2.59. The van der Waals surface area contributed by atoms with Gasteiger partial charge in [0.05, 0.1) is 27.6 Å². The number of fused-ring (bicyclic) bond motifs is 3. The van der Waals surface area contributed by atoms with Gasteiger partial charge in [-0.3, -0.25) is 24.0 Å². The normalized spacial score (nSPS) is 37.0. The number of halogens is 12. The summed E-state index contributed by atoms with van der Waals surface area (Å²) < 4.78 is 205. The maximum Gasteiger partial charge on any atom is 0.426 e. The summed E-state index contributed by atoms with van der Waals surface area (Å²) in [6, 6.07) is 0. The molecule has 9 aliphatic carbocycles. The first-order valence-corrected chi connectivity index (χ1v) is 29.3. The number of hydrogen-bond acceptors (Lipinski definition) is 12. The minimum Gasteiger partial charge on any atom is -0.462 e. The van der Waals surface area contributed by atoms with Gasteiger partial charge in [-0.2, -0.15) is 52.7 Å². The summed E-state index contributed by atoms with van der Waals surface area (Å²) >= 11 is 0. The Labute approximate surface area is 468 Å². The SMILES string of the molecule is CCC(C)(CC(C)(CC(C)(CC(C)(C)C(=O)OC1C2CC3C(=O)OC1C3C2)C(=O)OC1CCCCC1C(O)(C(F)(F)F)C(F)(F)F)C(=O)OC1(C)C2CC3CC(C2)CC1C3)C(=O)OC(CC(O)(C(F)(F)F)C(F)(F)F)C1CC2CCC1C2. The standard InChI is InChI=1S/C58H78F12O12/c1-8-49(4,45(73)79-40(35-21-28-13-14-31(35)16-28)24-53(76,55(59,60)61)56(62,63)64)26-51(6,47(75)82-52(7)33-17-29-15-30(19-33)20-34(52)18-29)27-50(5,25-48(2,3)44(72)81-41-32-22-36-37(23-32)43(71)80-42(36)41)46(74)78-39-12-10-9-11-38(39)54(77,57(65,66)67)58(68,69)70/h28-42,76-77H,8-27H2,1-7H3. The van der Waals surface area contributed by atoms with Crippen LogP contribution >= 0.6 is 0 Å². The lowest BCUT2D eigenvalue weighted by molar-refractivity contribution is -0.393. The molecule has 0 spiro atoms. The summed E-state index contributed by atoms with van der Waals surface area (Å²) in [7, 11) is 0. The van der Waals surface area contributed by atoms with Crippen LogP contribution in [0.2, 0.25) is 0 Å². The minimum absolute atomic E-state index is 0.0544. The molecule has 1 saturated heterocycles. The predicted molar refractivity (Wildman–Crippen MR) is 263 cm³/mol. The summed E-state index contributed by atoms with van der Waals surface area (Å²) in [6.07, 6.45) is -31.8. The Hall–Kier alpha value is -3.57. The number of carbonyl (C=O) groups is 5. The molecule has 0 amide bonds. The number of carbonyl (C=O) groups excluding carboxylic acids is 5. The van der Waals surface area contributed by atoms with Crippen LogP contribution in [0.1, 0.15) is 177 Å². The molecule has 2 N–H and O–H groups in total. The van der Waals surface area contributed by atoms with Gasteiger partial charge in [0, 0.05) is 24.2 Å². The molecule has 10 rings (SSSR count). The molecule has 14 unspecified atom stereocenters. The van der Waals surface area contributed by atoms with E-state index in [-0.39, 0.29) is 61.2 Å². The van der Waals surface area contributed by atoms with E-state index in [1.54, 1.807) is 6.92 Å². The first kappa shape index (κ1) is 62.9. The molecule has 12 nitrogen and oxygen atoms in total. The van der Waals surface area contributed by atoms with Crippen molar-refractivity contribution in [2.45, 2.75) is 243 Å². The first-order valence-electron chi connectivity index (χ1n) is 29.3. The molecule has 9 saturated carbocycles. The van der Waals surface area contributed by atoms with E-state index in [0.29, 0.717) is 69.6 Å². The van der Waals surface area contributed by atoms with Crippen LogP contribution in [0, 0.1) is 86.8 Å². The van der Waals surface area contributed by atoms with E-state index in [1.165, 1.54) is 41.5 Å². The van der Waals surface area contributed by atoms with Crippen LogP contribution in [0.15, 0.2) is 0 Å². The second-order valence-corrected chi connectivity index (χ2v) is 28.5. The van der Waals surface area contributed by atoms with E-state index in [9.17, 15) is 72.5 Å². The Balaban J connectivity index is 1.10. The van der Waals surface area contributed by atoms with Gasteiger partial charge in [-0.1, -0.05) is 19.8 Å². The van der Waals surface area contributed by atoms with Gasteiger partial charge in [-0.05, 0) is 192 Å². The fourth-order valence-electron chi connectivity index (χ4n) is 18.1. The van der Waals surface area contributed by atoms with Crippen molar-refractivity contribution in [2.75, 3.05) is 0 Å². The van der Waals surface area contributed by atoms with Crippen molar-refractivity contribution in [2.24, 2.45) is 86.8 Å². The number of aliphatic hydroxyl groups is 2. The van der Waals surface area contributed by atoms with Crippen molar-refractivity contribution in [1.29, 1.82) is 0 Å². The second kappa shape index (κ2) is 20.8. The van der Waals surface area contributed by atoms with Crippen LogP contribution in [0.4, 0.5) is 52.7 Å². The molecule has 0 radical (unpaired) electrons.